The summed E-state index contributed by atoms with van der Waals surface area (Å²) >= 11 is 6.34. The van der Waals surface area contributed by atoms with Crippen LogP contribution in [0.25, 0.3) is 11.0 Å². The molecule has 0 bridgehead atoms. The van der Waals surface area contributed by atoms with Crippen LogP contribution in [0.4, 0.5) is 0 Å². The van der Waals surface area contributed by atoms with E-state index in [-0.39, 0.29) is 0 Å². The average Bonchev–Trinajstić information content (AvgIpc) is 2.88. The molecule has 3 heteroatoms. The van der Waals surface area contributed by atoms with Gasteiger partial charge in [0.05, 0.1) is 17.6 Å². The Morgan fingerprint density at radius 1 is 1.00 bits per heavy atom. The molecule has 0 fully saturated rings. The molecule has 1 aromatic heterocycles. The molecule has 3 rings (SSSR count). The molecule has 0 aliphatic carbocycles. The number of unbranched alkanes of at least 4 members (excludes halogenated alkanes) is 2. The van der Waals surface area contributed by atoms with E-state index in [1.165, 1.54) is 24.8 Å². The maximum atomic E-state index is 6.34. The van der Waals surface area contributed by atoms with Crippen molar-refractivity contribution in [1.29, 1.82) is 0 Å². The fraction of sp³-hybridized carbons (Fsp3) is 0.316. The first-order valence-corrected chi connectivity index (χ1v) is 8.35. The maximum Gasteiger partial charge on any atom is 0.110 e. The molecule has 0 radical (unpaired) electrons. The second kappa shape index (κ2) is 6.97. The van der Waals surface area contributed by atoms with E-state index in [0.29, 0.717) is 0 Å². The van der Waals surface area contributed by atoms with E-state index in [1.54, 1.807) is 0 Å². The fourth-order valence-electron chi connectivity index (χ4n) is 2.82. The normalized spacial score (nSPS) is 11.2. The lowest BCUT2D eigenvalue weighted by atomic mass is 10.2. The van der Waals surface area contributed by atoms with Crippen LogP contribution in [0.2, 0.25) is 5.02 Å². The number of imidazole rings is 1. The first-order chi connectivity index (χ1) is 10.8. The van der Waals surface area contributed by atoms with Crippen molar-refractivity contribution in [1.82, 2.24) is 9.55 Å². The number of fused-ring (bicyclic) bond motifs is 1. The van der Waals surface area contributed by atoms with Gasteiger partial charge in [0.2, 0.25) is 0 Å². The first-order valence-electron chi connectivity index (χ1n) is 7.97. The Labute approximate surface area is 136 Å². The summed E-state index contributed by atoms with van der Waals surface area (Å²) in [6.07, 6.45) is 4.68. The van der Waals surface area contributed by atoms with E-state index in [4.69, 9.17) is 16.6 Å². The molecule has 0 atom stereocenters. The van der Waals surface area contributed by atoms with E-state index >= 15 is 0 Å². The molecule has 0 saturated carbocycles. The molecule has 22 heavy (non-hydrogen) atoms. The molecule has 0 N–H and O–H groups in total. The van der Waals surface area contributed by atoms with Crippen LogP contribution in [0.1, 0.15) is 37.6 Å². The highest BCUT2D eigenvalue weighted by atomic mass is 35.5. The number of hydrogen-bond donors (Lipinski definition) is 0. The monoisotopic (exact) mass is 312 g/mol. The second-order valence-corrected chi connectivity index (χ2v) is 6.06. The lowest BCUT2D eigenvalue weighted by Gasteiger charge is -2.10. The van der Waals surface area contributed by atoms with E-state index in [1.807, 2.05) is 24.3 Å². The van der Waals surface area contributed by atoms with Crippen molar-refractivity contribution in [2.75, 3.05) is 0 Å². The molecular formula is C19H21ClN2. The molecule has 0 amide bonds. The van der Waals surface area contributed by atoms with Gasteiger partial charge in [0.25, 0.3) is 0 Å². The van der Waals surface area contributed by atoms with Gasteiger partial charge in [-0.25, -0.2) is 4.98 Å². The van der Waals surface area contributed by atoms with Crippen molar-refractivity contribution in [3.8, 4) is 0 Å². The molecule has 1 heterocycles. The Balaban J connectivity index is 1.98. The van der Waals surface area contributed by atoms with Gasteiger partial charge in [-0.2, -0.15) is 0 Å². The summed E-state index contributed by atoms with van der Waals surface area (Å²) in [6, 6.07) is 16.4. The molecule has 0 saturated heterocycles. The van der Waals surface area contributed by atoms with Gasteiger partial charge < -0.3 is 4.57 Å². The molecule has 3 aromatic rings. The minimum absolute atomic E-state index is 0.779. The third-order valence-corrected chi connectivity index (χ3v) is 4.39. The van der Waals surface area contributed by atoms with Crippen LogP contribution >= 0.6 is 11.6 Å². The average molecular weight is 313 g/mol. The SMILES string of the molecule is CCCCCc1nc2ccccc2n1Cc1ccccc1Cl. The highest BCUT2D eigenvalue weighted by Crippen LogP contribution is 2.22. The van der Waals surface area contributed by atoms with Crippen molar-refractivity contribution >= 4 is 22.6 Å². The number of hydrogen-bond acceptors (Lipinski definition) is 1. The van der Waals surface area contributed by atoms with Gasteiger partial charge in [-0.05, 0) is 30.2 Å². The Bertz CT molecular complexity index is 761. The number of aromatic nitrogens is 2. The molecule has 0 aliphatic heterocycles. The molecule has 0 spiro atoms. The maximum absolute atomic E-state index is 6.34. The zero-order valence-electron chi connectivity index (χ0n) is 12.9. The number of benzene rings is 2. The van der Waals surface area contributed by atoms with Crippen molar-refractivity contribution in [2.24, 2.45) is 0 Å². The zero-order valence-corrected chi connectivity index (χ0v) is 13.7. The summed E-state index contributed by atoms with van der Waals surface area (Å²) in [5.74, 6) is 1.16. The predicted molar refractivity (Wildman–Crippen MR) is 93.5 cm³/mol. The van der Waals surface area contributed by atoms with Gasteiger partial charge in [-0.3, -0.25) is 0 Å². The molecule has 0 aliphatic rings. The number of aryl methyl sites for hydroxylation is 1. The largest absolute Gasteiger partial charge is 0.323 e. The third-order valence-electron chi connectivity index (χ3n) is 4.02. The van der Waals surface area contributed by atoms with Crippen molar-refractivity contribution in [3.05, 3.63) is 64.9 Å². The Morgan fingerprint density at radius 2 is 1.77 bits per heavy atom. The van der Waals surface area contributed by atoms with Gasteiger partial charge in [0, 0.05) is 11.4 Å². The van der Waals surface area contributed by atoms with Crippen LogP contribution in [0, 0.1) is 0 Å². The van der Waals surface area contributed by atoms with Crippen molar-refractivity contribution in [2.45, 2.75) is 39.2 Å². The topological polar surface area (TPSA) is 17.8 Å². The van der Waals surface area contributed by atoms with Gasteiger partial charge in [-0.1, -0.05) is 61.7 Å². The summed E-state index contributed by atoms with van der Waals surface area (Å²) in [5.41, 5.74) is 3.40. The third kappa shape index (κ3) is 3.17. The molecular weight excluding hydrogens is 292 g/mol. The molecule has 2 aromatic carbocycles. The van der Waals surface area contributed by atoms with E-state index in [2.05, 4.69) is 35.8 Å². The van der Waals surface area contributed by atoms with Crippen LogP contribution < -0.4 is 0 Å². The summed E-state index contributed by atoms with van der Waals surface area (Å²) < 4.78 is 2.31. The first kappa shape index (κ1) is 15.1. The van der Waals surface area contributed by atoms with E-state index in [0.717, 1.165) is 34.9 Å². The Morgan fingerprint density at radius 3 is 2.59 bits per heavy atom. The number of rotatable bonds is 6. The van der Waals surface area contributed by atoms with Crippen LogP contribution in [-0.2, 0) is 13.0 Å². The standard InChI is InChI=1S/C19H21ClN2/c1-2-3-4-13-19-21-17-11-7-8-12-18(17)22(19)14-15-9-5-6-10-16(15)20/h5-12H,2-4,13-14H2,1H3. The summed E-state index contributed by atoms with van der Waals surface area (Å²) in [6.45, 7) is 3.01. The lowest BCUT2D eigenvalue weighted by molar-refractivity contribution is 0.659. The zero-order chi connectivity index (χ0) is 15.4. The Kier molecular flexibility index (Phi) is 4.79. The Hall–Kier alpha value is -1.80. The molecule has 2 nitrogen and oxygen atoms in total. The van der Waals surface area contributed by atoms with Gasteiger partial charge in [0.1, 0.15) is 5.82 Å². The number of nitrogens with zero attached hydrogens (tertiary/aromatic N) is 2. The summed E-state index contributed by atoms with van der Waals surface area (Å²) in [7, 11) is 0. The van der Waals surface area contributed by atoms with E-state index in [9.17, 15) is 0 Å². The highest BCUT2D eigenvalue weighted by molar-refractivity contribution is 6.31. The van der Waals surface area contributed by atoms with Gasteiger partial charge in [-0.15, -0.1) is 0 Å². The van der Waals surface area contributed by atoms with E-state index < -0.39 is 0 Å². The lowest BCUT2D eigenvalue weighted by Crippen LogP contribution is -2.06. The smallest absolute Gasteiger partial charge is 0.110 e. The molecule has 0 unspecified atom stereocenters. The van der Waals surface area contributed by atoms with Crippen LogP contribution in [0.15, 0.2) is 48.5 Å². The van der Waals surface area contributed by atoms with Crippen LogP contribution in [0.3, 0.4) is 0 Å². The summed E-state index contributed by atoms with van der Waals surface area (Å²) in [5, 5.41) is 0.819. The minimum atomic E-state index is 0.779. The highest BCUT2D eigenvalue weighted by Gasteiger charge is 2.11. The summed E-state index contributed by atoms with van der Waals surface area (Å²) in [4.78, 5) is 4.83. The van der Waals surface area contributed by atoms with Crippen molar-refractivity contribution in [3.63, 3.8) is 0 Å². The number of halogens is 1. The van der Waals surface area contributed by atoms with Crippen LogP contribution in [-0.4, -0.2) is 9.55 Å². The number of para-hydroxylation sites is 2. The minimum Gasteiger partial charge on any atom is -0.323 e. The quantitative estimate of drug-likeness (QED) is 0.552. The fourth-order valence-corrected chi connectivity index (χ4v) is 3.02. The van der Waals surface area contributed by atoms with Crippen molar-refractivity contribution < 1.29 is 0 Å². The van der Waals surface area contributed by atoms with Gasteiger partial charge >= 0.3 is 0 Å². The van der Waals surface area contributed by atoms with Crippen LogP contribution in [0.5, 0.6) is 0 Å². The predicted octanol–water partition coefficient (Wildman–Crippen LogP) is 5.47. The molecule has 114 valence electrons. The van der Waals surface area contributed by atoms with Gasteiger partial charge in [0.15, 0.2) is 0 Å². The second-order valence-electron chi connectivity index (χ2n) is 5.65.